The molecule has 0 saturated heterocycles. The summed E-state index contributed by atoms with van der Waals surface area (Å²) in [7, 11) is 0. The minimum Gasteiger partial charge on any atom is -0.351 e. The highest BCUT2D eigenvalue weighted by Crippen LogP contribution is 2.21. The molecule has 0 heterocycles. The Balaban J connectivity index is 3.10. The predicted molar refractivity (Wildman–Crippen MR) is 60.9 cm³/mol. The van der Waals surface area contributed by atoms with Crippen molar-refractivity contribution in [1.82, 2.24) is 5.32 Å². The first kappa shape index (κ1) is 12.4. The van der Waals surface area contributed by atoms with Gasteiger partial charge in [-0.15, -0.1) is 11.6 Å². The van der Waals surface area contributed by atoms with Crippen molar-refractivity contribution < 1.29 is 9.72 Å². The van der Waals surface area contributed by atoms with E-state index in [0.29, 0.717) is 5.56 Å². The van der Waals surface area contributed by atoms with Crippen LogP contribution in [0.2, 0.25) is 0 Å². The molecule has 0 aliphatic heterocycles. The summed E-state index contributed by atoms with van der Waals surface area (Å²) in [5.74, 6) is -0.198. The number of amides is 1. The summed E-state index contributed by atoms with van der Waals surface area (Å²) < 4.78 is 0. The smallest absolute Gasteiger partial charge is 0.282 e. The van der Waals surface area contributed by atoms with E-state index in [1.54, 1.807) is 19.1 Å². The molecule has 0 aliphatic carbocycles. The van der Waals surface area contributed by atoms with Gasteiger partial charge in [-0.2, -0.15) is 0 Å². The van der Waals surface area contributed by atoms with Crippen LogP contribution in [-0.2, 0) is 0 Å². The Morgan fingerprint density at radius 2 is 2.25 bits per heavy atom. The predicted octanol–water partition coefficient (Wildman–Crippen LogP) is 1.87. The zero-order chi connectivity index (χ0) is 12.1. The van der Waals surface area contributed by atoms with Gasteiger partial charge in [0.15, 0.2) is 0 Å². The zero-order valence-corrected chi connectivity index (χ0v) is 9.45. The van der Waals surface area contributed by atoms with E-state index in [9.17, 15) is 14.9 Å². The Morgan fingerprint density at radius 3 is 2.81 bits per heavy atom. The standard InChI is InChI=1S/C10H11ClN2O3/c1-7-3-2-4-8(13(15)16)9(7)10(14)12-6-5-11/h2-4H,5-6H2,1H3,(H,12,14). The maximum Gasteiger partial charge on any atom is 0.282 e. The molecule has 1 aromatic carbocycles. The average Bonchev–Trinajstić information content (AvgIpc) is 2.25. The molecule has 0 unspecified atom stereocenters. The number of benzene rings is 1. The van der Waals surface area contributed by atoms with Crippen LogP contribution in [0.3, 0.4) is 0 Å². The highest BCUT2D eigenvalue weighted by Gasteiger charge is 2.21. The first-order valence-electron chi connectivity index (χ1n) is 4.66. The molecule has 0 atom stereocenters. The van der Waals surface area contributed by atoms with Gasteiger partial charge in [-0.3, -0.25) is 14.9 Å². The van der Waals surface area contributed by atoms with Crippen LogP contribution in [0.5, 0.6) is 0 Å². The van der Waals surface area contributed by atoms with Gasteiger partial charge in [0.2, 0.25) is 0 Å². The van der Waals surface area contributed by atoms with Gasteiger partial charge in [-0.25, -0.2) is 0 Å². The summed E-state index contributed by atoms with van der Waals surface area (Å²) in [6.45, 7) is 1.94. The fourth-order valence-corrected chi connectivity index (χ4v) is 1.44. The van der Waals surface area contributed by atoms with Gasteiger partial charge >= 0.3 is 0 Å². The van der Waals surface area contributed by atoms with Crippen molar-refractivity contribution in [2.24, 2.45) is 0 Å². The van der Waals surface area contributed by atoms with Crippen LogP contribution in [0.4, 0.5) is 5.69 Å². The third-order valence-electron chi connectivity index (χ3n) is 2.05. The average molecular weight is 243 g/mol. The molecule has 86 valence electrons. The Morgan fingerprint density at radius 1 is 1.56 bits per heavy atom. The number of aryl methyl sites for hydroxylation is 1. The highest BCUT2D eigenvalue weighted by atomic mass is 35.5. The number of hydrogen-bond donors (Lipinski definition) is 1. The molecule has 0 aromatic heterocycles. The van der Waals surface area contributed by atoms with Crippen LogP contribution in [0, 0.1) is 17.0 Å². The van der Waals surface area contributed by atoms with Crippen molar-refractivity contribution in [3.8, 4) is 0 Å². The molecule has 5 nitrogen and oxygen atoms in total. The molecule has 16 heavy (non-hydrogen) atoms. The fraction of sp³-hybridized carbons (Fsp3) is 0.300. The van der Waals surface area contributed by atoms with Crippen LogP contribution in [-0.4, -0.2) is 23.3 Å². The van der Waals surface area contributed by atoms with Crippen molar-refractivity contribution in [2.45, 2.75) is 6.92 Å². The lowest BCUT2D eigenvalue weighted by Gasteiger charge is -2.06. The number of carbonyl (C=O) groups excluding carboxylic acids is 1. The molecule has 1 aromatic rings. The van der Waals surface area contributed by atoms with Gasteiger partial charge in [0, 0.05) is 18.5 Å². The summed E-state index contributed by atoms with van der Waals surface area (Å²) in [5.41, 5.74) is 0.478. The SMILES string of the molecule is Cc1cccc([N+](=O)[O-])c1C(=O)NCCCl. The molecular formula is C10H11ClN2O3. The molecule has 1 amide bonds. The Kier molecular flexibility index (Phi) is 4.25. The largest absolute Gasteiger partial charge is 0.351 e. The minimum atomic E-state index is -0.567. The second-order valence-electron chi connectivity index (χ2n) is 3.17. The molecule has 0 radical (unpaired) electrons. The van der Waals surface area contributed by atoms with Crippen molar-refractivity contribution >= 4 is 23.2 Å². The quantitative estimate of drug-likeness (QED) is 0.498. The molecule has 0 saturated carbocycles. The second-order valence-corrected chi connectivity index (χ2v) is 3.55. The summed E-state index contributed by atoms with van der Waals surface area (Å²) in [6.07, 6.45) is 0. The lowest BCUT2D eigenvalue weighted by molar-refractivity contribution is -0.385. The molecule has 0 bridgehead atoms. The summed E-state index contributed by atoms with van der Waals surface area (Å²) in [4.78, 5) is 21.9. The molecular weight excluding hydrogens is 232 g/mol. The van der Waals surface area contributed by atoms with E-state index in [-0.39, 0.29) is 23.7 Å². The van der Waals surface area contributed by atoms with Crippen molar-refractivity contribution in [3.05, 3.63) is 39.4 Å². The van der Waals surface area contributed by atoms with E-state index in [4.69, 9.17) is 11.6 Å². The Labute approximate surface area is 97.6 Å². The van der Waals surface area contributed by atoms with Crippen LogP contribution in [0.25, 0.3) is 0 Å². The first-order chi connectivity index (χ1) is 7.57. The van der Waals surface area contributed by atoms with Crippen molar-refractivity contribution in [1.29, 1.82) is 0 Å². The first-order valence-corrected chi connectivity index (χ1v) is 5.19. The van der Waals surface area contributed by atoms with Gasteiger partial charge < -0.3 is 5.32 Å². The Hall–Kier alpha value is -1.62. The van der Waals surface area contributed by atoms with Gasteiger partial charge in [0.1, 0.15) is 5.56 Å². The van der Waals surface area contributed by atoms with Crippen LogP contribution in [0.15, 0.2) is 18.2 Å². The van der Waals surface area contributed by atoms with E-state index in [1.165, 1.54) is 6.07 Å². The van der Waals surface area contributed by atoms with E-state index in [2.05, 4.69) is 5.32 Å². The number of alkyl halides is 1. The van der Waals surface area contributed by atoms with Gasteiger partial charge in [0.25, 0.3) is 11.6 Å². The van der Waals surface area contributed by atoms with Crippen LogP contribution < -0.4 is 5.32 Å². The lowest BCUT2D eigenvalue weighted by atomic mass is 10.1. The molecule has 1 N–H and O–H groups in total. The molecule has 6 heteroatoms. The van der Waals surface area contributed by atoms with E-state index in [0.717, 1.165) is 0 Å². The molecule has 1 rings (SSSR count). The summed E-state index contributed by atoms with van der Waals surface area (Å²) in [5, 5.41) is 13.3. The van der Waals surface area contributed by atoms with E-state index in [1.807, 2.05) is 0 Å². The topological polar surface area (TPSA) is 72.2 Å². The van der Waals surface area contributed by atoms with Crippen LogP contribution >= 0.6 is 11.6 Å². The minimum absolute atomic E-state index is 0.0950. The fourth-order valence-electron chi connectivity index (χ4n) is 1.35. The number of carbonyl (C=O) groups is 1. The number of rotatable bonds is 4. The number of nitro groups is 1. The summed E-state index contributed by atoms with van der Waals surface area (Å²) in [6, 6.07) is 4.51. The van der Waals surface area contributed by atoms with E-state index < -0.39 is 10.8 Å². The van der Waals surface area contributed by atoms with E-state index >= 15 is 0 Å². The molecule has 0 spiro atoms. The van der Waals surface area contributed by atoms with Crippen molar-refractivity contribution in [3.63, 3.8) is 0 Å². The third-order valence-corrected chi connectivity index (χ3v) is 2.24. The second kappa shape index (κ2) is 5.46. The van der Waals surface area contributed by atoms with Gasteiger partial charge in [0.05, 0.1) is 4.92 Å². The monoisotopic (exact) mass is 242 g/mol. The number of nitrogens with zero attached hydrogens (tertiary/aromatic N) is 1. The maximum atomic E-state index is 11.7. The maximum absolute atomic E-state index is 11.7. The normalized spacial score (nSPS) is 9.88. The number of halogens is 1. The molecule has 0 aliphatic rings. The molecule has 0 fully saturated rings. The Bertz CT molecular complexity index is 421. The van der Waals surface area contributed by atoms with Crippen LogP contribution in [0.1, 0.15) is 15.9 Å². The number of hydrogen-bond acceptors (Lipinski definition) is 3. The lowest BCUT2D eigenvalue weighted by Crippen LogP contribution is -2.26. The van der Waals surface area contributed by atoms with Gasteiger partial charge in [-0.1, -0.05) is 12.1 Å². The zero-order valence-electron chi connectivity index (χ0n) is 8.70. The van der Waals surface area contributed by atoms with Gasteiger partial charge in [-0.05, 0) is 12.5 Å². The summed E-state index contributed by atoms with van der Waals surface area (Å²) >= 11 is 5.43. The third kappa shape index (κ3) is 2.70. The number of nitrogens with one attached hydrogen (secondary N) is 1. The number of nitro benzene ring substituents is 1. The highest BCUT2D eigenvalue weighted by molar-refractivity contribution is 6.18. The van der Waals surface area contributed by atoms with Crippen molar-refractivity contribution in [2.75, 3.05) is 12.4 Å².